The second-order valence-electron chi connectivity index (χ2n) is 5.45. The van der Waals surface area contributed by atoms with Gasteiger partial charge in [0, 0.05) is 11.1 Å². The number of nitrogens with one attached hydrogen (secondary N) is 2. The van der Waals surface area contributed by atoms with Crippen LogP contribution in [0.1, 0.15) is 21.7 Å². The summed E-state index contributed by atoms with van der Waals surface area (Å²) in [5.41, 5.74) is 1.80. The van der Waals surface area contributed by atoms with E-state index in [-0.39, 0.29) is 23.9 Å². The van der Waals surface area contributed by atoms with E-state index in [1.54, 1.807) is 30.3 Å². The highest BCUT2D eigenvalue weighted by Crippen LogP contribution is 2.28. The molecule has 4 rings (SSSR count). The van der Waals surface area contributed by atoms with Crippen LogP contribution in [0.5, 0.6) is 0 Å². The molecule has 1 aromatic carbocycles. The molecule has 0 unspecified atom stereocenters. The zero-order valence-electron chi connectivity index (χ0n) is 12.6. The molecule has 8 nitrogen and oxygen atoms in total. The van der Waals surface area contributed by atoms with Crippen molar-refractivity contribution in [2.75, 3.05) is 0 Å². The molecule has 1 fully saturated rings. The van der Waals surface area contributed by atoms with Gasteiger partial charge in [0.25, 0.3) is 11.8 Å². The van der Waals surface area contributed by atoms with Crippen molar-refractivity contribution in [2.45, 2.75) is 6.61 Å². The van der Waals surface area contributed by atoms with Crippen LogP contribution in [0, 0.1) is 0 Å². The molecule has 25 heavy (non-hydrogen) atoms. The smallest absolute Gasteiger partial charge is 0.338 e. The van der Waals surface area contributed by atoms with Gasteiger partial charge in [0.2, 0.25) is 0 Å². The molecule has 4 amide bonds. The quantitative estimate of drug-likeness (QED) is 0.485. The number of imide groups is 2. The lowest BCUT2D eigenvalue weighted by atomic mass is 10.0. The Balaban J connectivity index is 1.64. The fourth-order valence-electron chi connectivity index (χ4n) is 2.62. The fraction of sp³-hybridized carbons (Fsp3) is 0.0588. The number of carbonyl (C=O) groups is 4. The molecule has 2 aliphatic heterocycles. The third-order valence-electron chi connectivity index (χ3n) is 3.83. The number of furan rings is 1. The lowest BCUT2D eigenvalue weighted by molar-refractivity contribution is -0.123. The summed E-state index contributed by atoms with van der Waals surface area (Å²) >= 11 is 0. The number of esters is 1. The van der Waals surface area contributed by atoms with Gasteiger partial charge in [-0.1, -0.05) is 6.07 Å². The van der Waals surface area contributed by atoms with E-state index in [1.807, 2.05) is 10.6 Å². The minimum absolute atomic E-state index is 0.216. The van der Waals surface area contributed by atoms with Gasteiger partial charge in [-0.05, 0) is 30.3 Å². The minimum Gasteiger partial charge on any atom is -0.457 e. The molecule has 0 aliphatic carbocycles. The Hall–Kier alpha value is -3.68. The Morgan fingerprint density at radius 3 is 2.48 bits per heavy atom. The first-order valence-electron chi connectivity index (χ1n) is 7.30. The molecule has 1 saturated heterocycles. The Morgan fingerprint density at radius 2 is 1.72 bits per heavy atom. The lowest BCUT2D eigenvalue weighted by Crippen LogP contribution is -2.51. The van der Waals surface area contributed by atoms with Gasteiger partial charge in [-0.15, -0.1) is 0 Å². The van der Waals surface area contributed by atoms with Crippen molar-refractivity contribution in [3.8, 4) is 11.3 Å². The second kappa shape index (κ2) is 5.45. The SMILES string of the molecule is O=C1NC(=O)C(=Cc2ccc(-c3ccc4c(c3)COC4=O)o2)C(=O)N1. The predicted octanol–water partition coefficient (Wildman–Crippen LogP) is 1.37. The van der Waals surface area contributed by atoms with Crippen LogP contribution in [-0.4, -0.2) is 23.8 Å². The summed E-state index contributed by atoms with van der Waals surface area (Å²) in [6.45, 7) is 0.216. The summed E-state index contributed by atoms with van der Waals surface area (Å²) in [6.07, 6.45) is 1.25. The van der Waals surface area contributed by atoms with Crippen molar-refractivity contribution in [3.63, 3.8) is 0 Å². The molecule has 0 atom stereocenters. The molecular formula is C17H10N2O6. The third kappa shape index (κ3) is 2.59. The second-order valence-corrected chi connectivity index (χ2v) is 5.45. The fourth-order valence-corrected chi connectivity index (χ4v) is 2.62. The average molecular weight is 338 g/mol. The summed E-state index contributed by atoms with van der Waals surface area (Å²) in [6, 6.07) is 7.58. The first-order valence-corrected chi connectivity index (χ1v) is 7.30. The van der Waals surface area contributed by atoms with Gasteiger partial charge in [0.15, 0.2) is 0 Å². The maximum Gasteiger partial charge on any atom is 0.338 e. The number of benzene rings is 1. The molecule has 2 N–H and O–H groups in total. The topological polar surface area (TPSA) is 115 Å². The Labute approximate surface area is 140 Å². The standard InChI is InChI=1S/C17H10N2O6/c20-14-12(15(21)19-17(23)18-14)6-10-2-4-13(25-10)8-1-3-11-9(5-8)7-24-16(11)22/h1-6H,7H2,(H2,18,19,20,21,23). The maximum absolute atomic E-state index is 11.7. The van der Waals surface area contributed by atoms with Crippen LogP contribution in [-0.2, 0) is 20.9 Å². The van der Waals surface area contributed by atoms with E-state index < -0.39 is 17.8 Å². The molecule has 0 bridgehead atoms. The molecule has 2 aliphatic rings. The Kier molecular flexibility index (Phi) is 3.24. The molecule has 0 spiro atoms. The van der Waals surface area contributed by atoms with Crippen LogP contribution in [0.25, 0.3) is 17.4 Å². The van der Waals surface area contributed by atoms with Gasteiger partial charge in [-0.25, -0.2) is 9.59 Å². The van der Waals surface area contributed by atoms with Crippen molar-refractivity contribution in [1.82, 2.24) is 10.6 Å². The molecule has 124 valence electrons. The number of barbiturate groups is 1. The van der Waals surface area contributed by atoms with E-state index in [2.05, 4.69) is 0 Å². The normalized spacial score (nSPS) is 16.2. The van der Waals surface area contributed by atoms with Gasteiger partial charge in [-0.3, -0.25) is 20.2 Å². The van der Waals surface area contributed by atoms with Crippen molar-refractivity contribution in [2.24, 2.45) is 0 Å². The summed E-state index contributed by atoms with van der Waals surface area (Å²) in [4.78, 5) is 45.9. The molecular weight excluding hydrogens is 328 g/mol. The van der Waals surface area contributed by atoms with Crippen LogP contribution in [0.15, 0.2) is 40.3 Å². The van der Waals surface area contributed by atoms with E-state index in [0.717, 1.165) is 11.1 Å². The lowest BCUT2D eigenvalue weighted by Gasteiger charge is -2.13. The van der Waals surface area contributed by atoms with Gasteiger partial charge in [0.1, 0.15) is 23.7 Å². The molecule has 1 aromatic heterocycles. The van der Waals surface area contributed by atoms with E-state index in [4.69, 9.17) is 9.15 Å². The zero-order chi connectivity index (χ0) is 17.6. The van der Waals surface area contributed by atoms with Crippen LogP contribution < -0.4 is 10.6 Å². The van der Waals surface area contributed by atoms with Crippen molar-refractivity contribution < 1.29 is 28.3 Å². The first-order chi connectivity index (χ1) is 12.0. The largest absolute Gasteiger partial charge is 0.457 e. The average Bonchev–Trinajstić information content (AvgIpc) is 3.18. The van der Waals surface area contributed by atoms with E-state index >= 15 is 0 Å². The number of hydrogen-bond donors (Lipinski definition) is 2. The number of carbonyl (C=O) groups excluding carboxylic acids is 4. The maximum atomic E-state index is 11.7. The first kappa shape index (κ1) is 14.9. The van der Waals surface area contributed by atoms with Crippen LogP contribution in [0.3, 0.4) is 0 Å². The van der Waals surface area contributed by atoms with E-state index in [9.17, 15) is 19.2 Å². The summed E-state index contributed by atoms with van der Waals surface area (Å²) in [5, 5.41) is 3.97. The number of fused-ring (bicyclic) bond motifs is 1. The Morgan fingerprint density at radius 1 is 0.960 bits per heavy atom. The highest BCUT2D eigenvalue weighted by Gasteiger charge is 2.28. The van der Waals surface area contributed by atoms with Crippen LogP contribution in [0.2, 0.25) is 0 Å². The minimum atomic E-state index is -0.859. The number of ether oxygens (including phenoxy) is 1. The van der Waals surface area contributed by atoms with E-state index in [0.29, 0.717) is 11.3 Å². The van der Waals surface area contributed by atoms with Gasteiger partial charge in [-0.2, -0.15) is 0 Å². The Bertz CT molecular complexity index is 963. The number of cyclic esters (lactones) is 1. The number of hydrogen-bond acceptors (Lipinski definition) is 6. The highest BCUT2D eigenvalue weighted by molar-refractivity contribution is 6.31. The van der Waals surface area contributed by atoms with Crippen molar-refractivity contribution >= 4 is 29.9 Å². The number of rotatable bonds is 2. The number of urea groups is 1. The monoisotopic (exact) mass is 338 g/mol. The summed E-state index contributed by atoms with van der Waals surface area (Å²) < 4.78 is 10.6. The van der Waals surface area contributed by atoms with Gasteiger partial charge in [0.05, 0.1) is 5.56 Å². The van der Waals surface area contributed by atoms with Crippen molar-refractivity contribution in [3.05, 3.63) is 52.8 Å². The number of amides is 4. The third-order valence-corrected chi connectivity index (χ3v) is 3.83. The molecule has 3 heterocycles. The molecule has 0 radical (unpaired) electrons. The molecule has 8 heteroatoms. The molecule has 0 saturated carbocycles. The summed E-state index contributed by atoms with van der Waals surface area (Å²) in [7, 11) is 0. The van der Waals surface area contributed by atoms with Gasteiger partial charge >= 0.3 is 12.0 Å². The highest BCUT2D eigenvalue weighted by atomic mass is 16.5. The van der Waals surface area contributed by atoms with E-state index in [1.165, 1.54) is 6.08 Å². The van der Waals surface area contributed by atoms with Crippen molar-refractivity contribution in [1.29, 1.82) is 0 Å². The summed E-state index contributed by atoms with van der Waals surface area (Å²) in [5.74, 6) is -1.16. The van der Waals surface area contributed by atoms with Crippen LogP contribution in [0.4, 0.5) is 4.79 Å². The molecule has 2 aromatic rings. The van der Waals surface area contributed by atoms with Gasteiger partial charge < -0.3 is 9.15 Å². The zero-order valence-corrected chi connectivity index (χ0v) is 12.6. The predicted molar refractivity (Wildman–Crippen MR) is 82.9 cm³/mol. The van der Waals surface area contributed by atoms with Crippen LogP contribution >= 0.6 is 0 Å².